The molecule has 1 unspecified atom stereocenters. The van der Waals surface area contributed by atoms with Crippen molar-refractivity contribution in [2.75, 3.05) is 13.1 Å². The number of hydrogen-bond acceptors (Lipinski definition) is 3. The van der Waals surface area contributed by atoms with E-state index in [-0.39, 0.29) is 23.8 Å². The number of nitrogens with two attached hydrogens (primary N) is 1. The van der Waals surface area contributed by atoms with Crippen molar-refractivity contribution in [2.45, 2.75) is 46.1 Å². The van der Waals surface area contributed by atoms with E-state index in [1.165, 1.54) is 0 Å². The van der Waals surface area contributed by atoms with Gasteiger partial charge in [-0.3, -0.25) is 9.59 Å². The second-order valence-corrected chi connectivity index (χ2v) is 4.55. The normalized spacial score (nSPS) is 12.3. The van der Waals surface area contributed by atoms with Crippen LogP contribution >= 0.6 is 0 Å². The smallest absolute Gasteiger partial charge is 0.222 e. The summed E-state index contributed by atoms with van der Waals surface area (Å²) in [5.74, 6) is -0.0737. The van der Waals surface area contributed by atoms with Crippen LogP contribution in [-0.2, 0) is 9.59 Å². The molecule has 0 aliphatic carbocycles. The zero-order chi connectivity index (χ0) is 13.3. The molecule has 0 rings (SSSR count). The number of rotatable bonds is 8. The highest BCUT2D eigenvalue weighted by Gasteiger charge is 2.08. The molecule has 0 bridgehead atoms. The van der Waals surface area contributed by atoms with E-state index in [1.807, 2.05) is 20.8 Å². The van der Waals surface area contributed by atoms with Crippen molar-refractivity contribution in [3.63, 3.8) is 0 Å². The summed E-state index contributed by atoms with van der Waals surface area (Å²) in [5, 5.41) is 5.46. The first kappa shape index (κ1) is 15.9. The number of amides is 2. The van der Waals surface area contributed by atoms with E-state index in [1.54, 1.807) is 0 Å². The van der Waals surface area contributed by atoms with Gasteiger partial charge in [0.2, 0.25) is 11.8 Å². The van der Waals surface area contributed by atoms with Crippen LogP contribution in [0.1, 0.15) is 40.0 Å². The van der Waals surface area contributed by atoms with Crippen LogP contribution in [0.5, 0.6) is 0 Å². The average Bonchev–Trinajstić information content (AvgIpc) is 2.24. The molecule has 2 amide bonds. The lowest BCUT2D eigenvalue weighted by Crippen LogP contribution is -2.38. The standard InChI is InChI=1S/C12H25N3O2/c1-4-5-10(13)8-11(16)14-6-7-15-12(17)9(2)3/h9-10H,4-8,13H2,1-3H3,(H,14,16)(H,15,17). The van der Waals surface area contributed by atoms with Crippen LogP contribution in [-0.4, -0.2) is 30.9 Å². The van der Waals surface area contributed by atoms with Gasteiger partial charge in [-0.25, -0.2) is 0 Å². The lowest BCUT2D eigenvalue weighted by atomic mass is 10.1. The SMILES string of the molecule is CCCC(N)CC(=O)NCCNC(=O)C(C)C. The third-order valence-electron chi connectivity index (χ3n) is 2.38. The zero-order valence-corrected chi connectivity index (χ0v) is 11.1. The minimum absolute atomic E-state index is 0.00179. The van der Waals surface area contributed by atoms with Crippen molar-refractivity contribution in [1.82, 2.24) is 10.6 Å². The van der Waals surface area contributed by atoms with E-state index in [2.05, 4.69) is 10.6 Å². The quantitative estimate of drug-likeness (QED) is 0.539. The maximum atomic E-state index is 11.4. The van der Waals surface area contributed by atoms with E-state index in [0.717, 1.165) is 12.8 Å². The fraction of sp³-hybridized carbons (Fsp3) is 0.833. The summed E-state index contributed by atoms with van der Waals surface area (Å²) in [4.78, 5) is 22.6. The summed E-state index contributed by atoms with van der Waals surface area (Å²) in [6.07, 6.45) is 2.20. The van der Waals surface area contributed by atoms with Crippen molar-refractivity contribution in [1.29, 1.82) is 0 Å². The van der Waals surface area contributed by atoms with Crippen LogP contribution in [0.3, 0.4) is 0 Å². The Balaban J connectivity index is 3.55. The molecule has 0 aliphatic heterocycles. The topological polar surface area (TPSA) is 84.2 Å². The molecule has 4 N–H and O–H groups in total. The molecule has 0 saturated carbocycles. The number of nitrogens with one attached hydrogen (secondary N) is 2. The van der Waals surface area contributed by atoms with Gasteiger partial charge in [-0.1, -0.05) is 27.2 Å². The molecule has 5 nitrogen and oxygen atoms in total. The molecule has 1 atom stereocenters. The number of carbonyl (C=O) groups is 2. The van der Waals surface area contributed by atoms with E-state index in [0.29, 0.717) is 19.5 Å². The van der Waals surface area contributed by atoms with Crippen molar-refractivity contribution in [3.05, 3.63) is 0 Å². The fourth-order valence-electron chi connectivity index (χ4n) is 1.37. The van der Waals surface area contributed by atoms with Gasteiger partial charge in [0.15, 0.2) is 0 Å². The molecule has 0 saturated heterocycles. The number of carbonyl (C=O) groups excluding carboxylic acids is 2. The lowest BCUT2D eigenvalue weighted by molar-refractivity contribution is -0.124. The molecule has 0 aromatic carbocycles. The molecule has 0 fully saturated rings. The van der Waals surface area contributed by atoms with Gasteiger partial charge in [0.25, 0.3) is 0 Å². The summed E-state index contributed by atoms with van der Waals surface area (Å²) in [5.41, 5.74) is 5.75. The van der Waals surface area contributed by atoms with Crippen molar-refractivity contribution in [3.8, 4) is 0 Å². The summed E-state index contributed by atoms with van der Waals surface area (Å²) >= 11 is 0. The molecule has 17 heavy (non-hydrogen) atoms. The van der Waals surface area contributed by atoms with Gasteiger partial charge in [0, 0.05) is 31.5 Å². The highest BCUT2D eigenvalue weighted by atomic mass is 16.2. The largest absolute Gasteiger partial charge is 0.354 e. The van der Waals surface area contributed by atoms with E-state index in [4.69, 9.17) is 5.73 Å². The number of hydrogen-bond donors (Lipinski definition) is 3. The summed E-state index contributed by atoms with van der Waals surface area (Å²) in [6.45, 7) is 6.62. The van der Waals surface area contributed by atoms with Crippen LogP contribution in [0.4, 0.5) is 0 Å². The van der Waals surface area contributed by atoms with E-state index in [9.17, 15) is 9.59 Å². The summed E-state index contributed by atoms with van der Waals surface area (Å²) in [7, 11) is 0. The van der Waals surface area contributed by atoms with Crippen LogP contribution in [0.2, 0.25) is 0 Å². The lowest BCUT2D eigenvalue weighted by Gasteiger charge is -2.11. The molecule has 0 spiro atoms. The Kier molecular flexibility index (Phi) is 8.40. The third-order valence-corrected chi connectivity index (χ3v) is 2.38. The fourth-order valence-corrected chi connectivity index (χ4v) is 1.37. The predicted octanol–water partition coefficient (Wildman–Crippen LogP) is 0.392. The molecule has 0 radical (unpaired) electrons. The van der Waals surface area contributed by atoms with Gasteiger partial charge in [-0.15, -0.1) is 0 Å². The van der Waals surface area contributed by atoms with Crippen molar-refractivity contribution < 1.29 is 9.59 Å². The first-order chi connectivity index (χ1) is 7.97. The summed E-state index contributed by atoms with van der Waals surface area (Å²) < 4.78 is 0. The Bertz CT molecular complexity index is 242. The van der Waals surface area contributed by atoms with Gasteiger partial charge in [-0.05, 0) is 6.42 Å². The van der Waals surface area contributed by atoms with Crippen LogP contribution in [0.25, 0.3) is 0 Å². The van der Waals surface area contributed by atoms with Crippen LogP contribution < -0.4 is 16.4 Å². The van der Waals surface area contributed by atoms with E-state index >= 15 is 0 Å². The Morgan fingerprint density at radius 2 is 1.76 bits per heavy atom. The first-order valence-electron chi connectivity index (χ1n) is 6.27. The highest BCUT2D eigenvalue weighted by molar-refractivity contribution is 5.78. The molecule has 0 aromatic heterocycles. The van der Waals surface area contributed by atoms with Gasteiger partial charge in [-0.2, -0.15) is 0 Å². The third kappa shape index (κ3) is 8.68. The van der Waals surface area contributed by atoms with Gasteiger partial charge in [0.05, 0.1) is 0 Å². The van der Waals surface area contributed by atoms with Gasteiger partial charge < -0.3 is 16.4 Å². The molecule has 0 heterocycles. The highest BCUT2D eigenvalue weighted by Crippen LogP contribution is 1.97. The first-order valence-corrected chi connectivity index (χ1v) is 6.27. The van der Waals surface area contributed by atoms with Gasteiger partial charge >= 0.3 is 0 Å². The Morgan fingerprint density at radius 3 is 2.29 bits per heavy atom. The molecule has 5 heteroatoms. The van der Waals surface area contributed by atoms with Crippen molar-refractivity contribution >= 4 is 11.8 Å². The minimum atomic E-state index is -0.0646. The molecule has 0 aromatic rings. The predicted molar refractivity (Wildman–Crippen MR) is 68.4 cm³/mol. The zero-order valence-electron chi connectivity index (χ0n) is 11.1. The second-order valence-electron chi connectivity index (χ2n) is 4.55. The molecule has 100 valence electrons. The maximum Gasteiger partial charge on any atom is 0.222 e. The Morgan fingerprint density at radius 1 is 1.18 bits per heavy atom. The average molecular weight is 243 g/mol. The minimum Gasteiger partial charge on any atom is -0.354 e. The Hall–Kier alpha value is -1.10. The monoisotopic (exact) mass is 243 g/mol. The van der Waals surface area contributed by atoms with E-state index < -0.39 is 0 Å². The molecular weight excluding hydrogens is 218 g/mol. The molecular formula is C12H25N3O2. The summed E-state index contributed by atoms with van der Waals surface area (Å²) in [6, 6.07) is -0.0646. The van der Waals surface area contributed by atoms with Gasteiger partial charge in [0.1, 0.15) is 0 Å². The molecule has 0 aliphatic rings. The second kappa shape index (κ2) is 8.98. The maximum absolute atomic E-state index is 11.4. The Labute approximate surface area is 104 Å². The van der Waals surface area contributed by atoms with Crippen LogP contribution in [0.15, 0.2) is 0 Å². The van der Waals surface area contributed by atoms with Crippen LogP contribution in [0, 0.1) is 5.92 Å². The van der Waals surface area contributed by atoms with Crippen molar-refractivity contribution in [2.24, 2.45) is 11.7 Å².